The molecule has 6 nitrogen and oxygen atoms in total. The Morgan fingerprint density at radius 3 is 2.41 bits per heavy atom. The summed E-state index contributed by atoms with van der Waals surface area (Å²) in [4.78, 5) is 0.173. The second-order valence-corrected chi connectivity index (χ2v) is 8.50. The number of ether oxygens (including phenoxy) is 2. The van der Waals surface area contributed by atoms with Crippen molar-refractivity contribution in [2.75, 3.05) is 33.9 Å². The van der Waals surface area contributed by atoms with Gasteiger partial charge in [-0.15, -0.1) is 0 Å². The average molecular weight is 393 g/mol. The van der Waals surface area contributed by atoms with Gasteiger partial charge in [0.2, 0.25) is 10.0 Å². The number of halogens is 1. The van der Waals surface area contributed by atoms with Gasteiger partial charge in [-0.2, -0.15) is 4.31 Å². The van der Waals surface area contributed by atoms with E-state index in [0.717, 1.165) is 6.42 Å². The molecule has 1 atom stereocenters. The van der Waals surface area contributed by atoms with Crippen molar-refractivity contribution < 1.29 is 17.9 Å². The van der Waals surface area contributed by atoms with Crippen LogP contribution in [0, 0.1) is 5.41 Å². The molecule has 0 aliphatic carbocycles. The maximum Gasteiger partial charge on any atom is 0.244 e. The van der Waals surface area contributed by atoms with Crippen LogP contribution in [-0.4, -0.2) is 46.6 Å². The van der Waals surface area contributed by atoms with E-state index in [2.05, 4.69) is 15.9 Å². The Kier molecular flexibility index (Phi) is 5.06. The summed E-state index contributed by atoms with van der Waals surface area (Å²) in [6, 6.07) is 3.08. The molecule has 1 unspecified atom stereocenters. The monoisotopic (exact) mass is 392 g/mol. The number of rotatable bonds is 5. The fourth-order valence-electron chi connectivity index (χ4n) is 2.52. The van der Waals surface area contributed by atoms with E-state index in [9.17, 15) is 8.42 Å². The van der Waals surface area contributed by atoms with Gasteiger partial charge in [0.1, 0.15) is 4.90 Å². The zero-order valence-corrected chi connectivity index (χ0v) is 15.3. The van der Waals surface area contributed by atoms with Crippen molar-refractivity contribution in [2.24, 2.45) is 11.1 Å². The van der Waals surface area contributed by atoms with Gasteiger partial charge in [0.25, 0.3) is 0 Å². The number of benzene rings is 1. The minimum absolute atomic E-state index is 0.171. The first kappa shape index (κ1) is 17.5. The van der Waals surface area contributed by atoms with Crippen LogP contribution in [0.25, 0.3) is 0 Å². The van der Waals surface area contributed by atoms with Crippen molar-refractivity contribution in [3.8, 4) is 11.5 Å². The highest BCUT2D eigenvalue weighted by atomic mass is 79.9. The van der Waals surface area contributed by atoms with Crippen LogP contribution in [0.4, 0.5) is 0 Å². The number of sulfonamides is 1. The largest absolute Gasteiger partial charge is 0.493 e. The van der Waals surface area contributed by atoms with Crippen LogP contribution in [0.3, 0.4) is 0 Å². The zero-order chi connectivity index (χ0) is 16.5. The summed E-state index contributed by atoms with van der Waals surface area (Å²) in [6.45, 7) is 3.36. The first-order valence-electron chi connectivity index (χ1n) is 6.89. The molecule has 0 saturated carbocycles. The lowest BCUT2D eigenvalue weighted by Crippen LogP contribution is -2.34. The van der Waals surface area contributed by atoms with Gasteiger partial charge in [-0.1, -0.05) is 6.92 Å². The third-order valence-corrected chi connectivity index (χ3v) is 6.88. The maximum atomic E-state index is 12.9. The van der Waals surface area contributed by atoms with Crippen LogP contribution in [0.15, 0.2) is 21.5 Å². The molecule has 1 heterocycles. The molecule has 1 fully saturated rings. The summed E-state index contributed by atoms with van der Waals surface area (Å²) >= 11 is 3.31. The molecule has 1 aliphatic heterocycles. The summed E-state index contributed by atoms with van der Waals surface area (Å²) in [5, 5.41) is 0. The molecule has 2 rings (SSSR count). The van der Waals surface area contributed by atoms with E-state index in [1.165, 1.54) is 24.6 Å². The van der Waals surface area contributed by atoms with Crippen molar-refractivity contribution in [2.45, 2.75) is 18.2 Å². The highest BCUT2D eigenvalue weighted by molar-refractivity contribution is 9.10. The van der Waals surface area contributed by atoms with Crippen LogP contribution in [0.2, 0.25) is 0 Å². The predicted octanol–water partition coefficient (Wildman–Crippen LogP) is 1.83. The summed E-state index contributed by atoms with van der Waals surface area (Å²) in [6.07, 6.45) is 0.758. The first-order valence-corrected chi connectivity index (χ1v) is 9.12. The number of hydrogen-bond donors (Lipinski definition) is 1. The van der Waals surface area contributed by atoms with E-state index in [-0.39, 0.29) is 10.3 Å². The predicted molar refractivity (Wildman–Crippen MR) is 87.8 cm³/mol. The van der Waals surface area contributed by atoms with E-state index in [4.69, 9.17) is 15.2 Å². The maximum absolute atomic E-state index is 12.9. The van der Waals surface area contributed by atoms with Gasteiger partial charge in [0, 0.05) is 23.6 Å². The number of methoxy groups -OCH3 is 2. The van der Waals surface area contributed by atoms with Crippen LogP contribution in [0.5, 0.6) is 11.5 Å². The Bertz CT molecular complexity index is 665. The minimum atomic E-state index is -3.61. The fourth-order valence-corrected chi connectivity index (χ4v) is 5.11. The second kappa shape index (κ2) is 6.35. The molecule has 0 radical (unpaired) electrons. The SMILES string of the molecule is COc1cc(Br)c(S(=O)(=O)N2CCC(C)(CN)C2)cc1OC. The summed E-state index contributed by atoms with van der Waals surface area (Å²) < 4.78 is 38.1. The summed E-state index contributed by atoms with van der Waals surface area (Å²) in [5.74, 6) is 0.853. The summed E-state index contributed by atoms with van der Waals surface area (Å²) in [7, 11) is -0.631. The number of nitrogens with zero attached hydrogens (tertiary/aromatic N) is 1. The Labute approximate surface area is 139 Å². The van der Waals surface area contributed by atoms with Crippen molar-refractivity contribution in [3.05, 3.63) is 16.6 Å². The Balaban J connectivity index is 2.42. The lowest BCUT2D eigenvalue weighted by atomic mass is 9.90. The smallest absolute Gasteiger partial charge is 0.244 e. The van der Waals surface area contributed by atoms with E-state index in [1.54, 1.807) is 6.07 Å². The van der Waals surface area contributed by atoms with Crippen LogP contribution in [0.1, 0.15) is 13.3 Å². The van der Waals surface area contributed by atoms with Gasteiger partial charge >= 0.3 is 0 Å². The second-order valence-electron chi connectivity index (χ2n) is 5.74. The molecule has 0 amide bonds. The van der Waals surface area contributed by atoms with Gasteiger partial charge in [-0.05, 0) is 40.4 Å². The van der Waals surface area contributed by atoms with Crippen molar-refractivity contribution in [1.29, 1.82) is 0 Å². The molecule has 8 heteroatoms. The van der Waals surface area contributed by atoms with Gasteiger partial charge in [-0.25, -0.2) is 8.42 Å². The molecular weight excluding hydrogens is 372 g/mol. The van der Waals surface area contributed by atoms with Gasteiger partial charge in [0.15, 0.2) is 11.5 Å². The highest BCUT2D eigenvalue weighted by Gasteiger charge is 2.40. The quantitative estimate of drug-likeness (QED) is 0.826. The molecule has 1 aromatic carbocycles. The third kappa shape index (κ3) is 3.10. The first-order chi connectivity index (χ1) is 10.3. The summed E-state index contributed by atoms with van der Waals surface area (Å²) in [5.41, 5.74) is 5.59. The van der Waals surface area contributed by atoms with Crippen LogP contribution in [-0.2, 0) is 10.0 Å². The Hall–Kier alpha value is -0.830. The third-order valence-electron chi connectivity index (χ3n) is 4.07. The van der Waals surface area contributed by atoms with E-state index < -0.39 is 10.0 Å². The molecule has 0 aromatic heterocycles. The zero-order valence-electron chi connectivity index (χ0n) is 12.9. The molecule has 2 N–H and O–H groups in total. The molecule has 22 heavy (non-hydrogen) atoms. The van der Waals surface area contributed by atoms with Crippen molar-refractivity contribution >= 4 is 26.0 Å². The van der Waals surface area contributed by atoms with Gasteiger partial charge in [-0.3, -0.25) is 0 Å². The average Bonchev–Trinajstić information content (AvgIpc) is 2.90. The number of hydrogen-bond acceptors (Lipinski definition) is 5. The molecule has 1 aromatic rings. The van der Waals surface area contributed by atoms with E-state index in [1.807, 2.05) is 6.92 Å². The highest BCUT2D eigenvalue weighted by Crippen LogP contribution is 2.39. The Morgan fingerprint density at radius 2 is 1.91 bits per heavy atom. The molecule has 124 valence electrons. The lowest BCUT2D eigenvalue weighted by molar-refractivity contribution is 0.347. The van der Waals surface area contributed by atoms with E-state index >= 15 is 0 Å². The van der Waals surface area contributed by atoms with Crippen molar-refractivity contribution in [3.63, 3.8) is 0 Å². The molecular formula is C14H21BrN2O4S. The fraction of sp³-hybridized carbons (Fsp3) is 0.571. The van der Waals surface area contributed by atoms with Crippen LogP contribution >= 0.6 is 15.9 Å². The minimum Gasteiger partial charge on any atom is -0.493 e. The van der Waals surface area contributed by atoms with Crippen LogP contribution < -0.4 is 15.2 Å². The van der Waals surface area contributed by atoms with Gasteiger partial charge < -0.3 is 15.2 Å². The molecule has 1 aliphatic rings. The Morgan fingerprint density at radius 1 is 1.32 bits per heavy atom. The van der Waals surface area contributed by atoms with E-state index in [0.29, 0.717) is 35.6 Å². The molecule has 0 spiro atoms. The number of nitrogens with two attached hydrogens (primary N) is 1. The normalized spacial score (nSPS) is 22.8. The van der Waals surface area contributed by atoms with Crippen molar-refractivity contribution in [1.82, 2.24) is 4.31 Å². The lowest BCUT2D eigenvalue weighted by Gasteiger charge is -2.23. The molecule has 1 saturated heterocycles. The van der Waals surface area contributed by atoms with Gasteiger partial charge in [0.05, 0.1) is 14.2 Å². The molecule has 0 bridgehead atoms. The topological polar surface area (TPSA) is 81.9 Å². The standard InChI is InChI=1S/C14H21BrN2O4S/c1-14(8-16)4-5-17(9-14)22(18,19)13-7-12(21-3)11(20-2)6-10(13)15/h6-7H,4-5,8-9,16H2,1-3H3.